The van der Waals surface area contributed by atoms with Crippen molar-refractivity contribution in [3.8, 4) is 0 Å². The van der Waals surface area contributed by atoms with Gasteiger partial charge in [-0.05, 0) is 13.0 Å². The minimum absolute atomic E-state index is 0.133. The van der Waals surface area contributed by atoms with Gasteiger partial charge in [0.1, 0.15) is 0 Å². The van der Waals surface area contributed by atoms with E-state index in [1.165, 1.54) is 12.3 Å². The summed E-state index contributed by atoms with van der Waals surface area (Å²) >= 11 is 0. The van der Waals surface area contributed by atoms with Gasteiger partial charge in [-0.2, -0.15) is 0 Å². The Bertz CT molecular complexity index is 365. The summed E-state index contributed by atoms with van der Waals surface area (Å²) in [6.07, 6.45) is 1.24. The number of amides is 1. The lowest BCUT2D eigenvalue weighted by Crippen LogP contribution is -2.25. The van der Waals surface area contributed by atoms with Crippen molar-refractivity contribution in [1.82, 2.24) is 15.3 Å². The van der Waals surface area contributed by atoms with E-state index < -0.39 is 11.9 Å². The lowest BCUT2D eigenvalue weighted by atomic mass is 10.4. The summed E-state index contributed by atoms with van der Waals surface area (Å²) in [7, 11) is 0. The van der Waals surface area contributed by atoms with Gasteiger partial charge in [-0.3, -0.25) is 4.79 Å². The first-order valence-electron chi connectivity index (χ1n) is 3.99. The van der Waals surface area contributed by atoms with Crippen molar-refractivity contribution in [1.29, 1.82) is 0 Å². The van der Waals surface area contributed by atoms with E-state index in [1.54, 1.807) is 6.92 Å². The van der Waals surface area contributed by atoms with Crippen LogP contribution in [0.3, 0.4) is 0 Å². The van der Waals surface area contributed by atoms with Gasteiger partial charge in [0.2, 0.25) is 5.82 Å². The molecule has 0 saturated carbocycles. The summed E-state index contributed by atoms with van der Waals surface area (Å²) in [5.41, 5.74) is -0.193. The molecule has 74 valence electrons. The van der Waals surface area contributed by atoms with Gasteiger partial charge in [0.25, 0.3) is 5.91 Å². The Balaban J connectivity index is 2.93. The Morgan fingerprint density at radius 3 is 2.86 bits per heavy atom. The van der Waals surface area contributed by atoms with E-state index in [0.717, 1.165) is 0 Å². The SMILES string of the molecule is CCNC(=O)c1nccc(C(=O)O)n1. The maximum Gasteiger partial charge on any atom is 0.354 e. The second-order valence-electron chi connectivity index (χ2n) is 2.43. The average Bonchev–Trinajstić information content (AvgIpc) is 2.18. The number of carbonyl (C=O) groups is 2. The number of carboxylic acids is 1. The summed E-state index contributed by atoms with van der Waals surface area (Å²) in [5, 5.41) is 11.1. The highest BCUT2D eigenvalue weighted by molar-refractivity contribution is 5.92. The highest BCUT2D eigenvalue weighted by atomic mass is 16.4. The number of hydrogen-bond donors (Lipinski definition) is 2. The summed E-state index contributed by atoms with van der Waals surface area (Å²) in [6.45, 7) is 2.19. The van der Waals surface area contributed by atoms with E-state index in [2.05, 4.69) is 15.3 Å². The Hall–Kier alpha value is -1.98. The van der Waals surface area contributed by atoms with Crippen molar-refractivity contribution < 1.29 is 14.7 Å². The van der Waals surface area contributed by atoms with E-state index in [1.807, 2.05) is 0 Å². The highest BCUT2D eigenvalue weighted by Crippen LogP contribution is 1.95. The maximum absolute atomic E-state index is 11.2. The molecule has 2 N–H and O–H groups in total. The summed E-state index contributed by atoms with van der Waals surface area (Å²) in [6, 6.07) is 1.23. The summed E-state index contributed by atoms with van der Waals surface area (Å²) < 4.78 is 0. The first kappa shape index (κ1) is 10.1. The van der Waals surface area contributed by atoms with Crippen molar-refractivity contribution in [2.45, 2.75) is 6.92 Å². The average molecular weight is 195 g/mol. The highest BCUT2D eigenvalue weighted by Gasteiger charge is 2.11. The van der Waals surface area contributed by atoms with Crippen LogP contribution in [0.4, 0.5) is 0 Å². The van der Waals surface area contributed by atoms with E-state index >= 15 is 0 Å². The molecule has 0 aromatic carbocycles. The molecule has 0 aliphatic carbocycles. The zero-order valence-electron chi connectivity index (χ0n) is 7.52. The van der Waals surface area contributed by atoms with Crippen LogP contribution >= 0.6 is 0 Å². The van der Waals surface area contributed by atoms with Gasteiger partial charge >= 0.3 is 5.97 Å². The molecule has 0 spiro atoms. The van der Waals surface area contributed by atoms with Crippen LogP contribution in [0, 0.1) is 0 Å². The molecule has 0 saturated heterocycles. The number of nitrogens with one attached hydrogen (secondary N) is 1. The van der Waals surface area contributed by atoms with Crippen LogP contribution in [-0.4, -0.2) is 33.5 Å². The van der Waals surface area contributed by atoms with Gasteiger partial charge in [0, 0.05) is 12.7 Å². The zero-order valence-corrected chi connectivity index (χ0v) is 7.52. The number of nitrogens with zero attached hydrogens (tertiary/aromatic N) is 2. The lowest BCUT2D eigenvalue weighted by Gasteiger charge is -2.00. The molecule has 1 rings (SSSR count). The molecule has 0 aliphatic rings. The maximum atomic E-state index is 11.2. The molecule has 1 aromatic heterocycles. The largest absolute Gasteiger partial charge is 0.477 e. The molecule has 1 amide bonds. The minimum Gasteiger partial charge on any atom is -0.477 e. The fourth-order valence-electron chi connectivity index (χ4n) is 0.827. The lowest BCUT2D eigenvalue weighted by molar-refractivity contribution is 0.0690. The number of carbonyl (C=O) groups excluding carboxylic acids is 1. The van der Waals surface area contributed by atoms with Gasteiger partial charge in [0.15, 0.2) is 5.69 Å². The molecule has 0 unspecified atom stereocenters. The van der Waals surface area contributed by atoms with Crippen molar-refractivity contribution >= 4 is 11.9 Å². The molecular weight excluding hydrogens is 186 g/mol. The molecular formula is C8H9N3O3. The molecule has 0 atom stereocenters. The van der Waals surface area contributed by atoms with Crippen LogP contribution < -0.4 is 5.32 Å². The van der Waals surface area contributed by atoms with Crippen LogP contribution in [0.5, 0.6) is 0 Å². The van der Waals surface area contributed by atoms with Crippen LogP contribution in [0.15, 0.2) is 12.3 Å². The van der Waals surface area contributed by atoms with Gasteiger partial charge in [0.05, 0.1) is 0 Å². The third-order valence-electron chi connectivity index (χ3n) is 1.42. The molecule has 14 heavy (non-hydrogen) atoms. The fourth-order valence-corrected chi connectivity index (χ4v) is 0.827. The van der Waals surface area contributed by atoms with Crippen molar-refractivity contribution in [3.05, 3.63) is 23.8 Å². The summed E-state index contributed by atoms with van der Waals surface area (Å²) in [5.74, 6) is -1.79. The predicted octanol–water partition coefficient (Wildman–Crippen LogP) is -0.0755. The van der Waals surface area contributed by atoms with Gasteiger partial charge in [-0.25, -0.2) is 14.8 Å². The Kier molecular flexibility index (Phi) is 3.11. The monoisotopic (exact) mass is 195 g/mol. The molecule has 0 aliphatic heterocycles. The van der Waals surface area contributed by atoms with Crippen molar-refractivity contribution in [2.24, 2.45) is 0 Å². The second-order valence-corrected chi connectivity index (χ2v) is 2.43. The fraction of sp³-hybridized carbons (Fsp3) is 0.250. The molecule has 1 heterocycles. The first-order chi connectivity index (χ1) is 6.65. The quantitative estimate of drug-likeness (QED) is 0.704. The van der Waals surface area contributed by atoms with E-state index in [4.69, 9.17) is 5.11 Å². The number of aromatic carboxylic acids is 1. The predicted molar refractivity (Wildman–Crippen MR) is 47.0 cm³/mol. The van der Waals surface area contributed by atoms with Gasteiger partial charge < -0.3 is 10.4 Å². The number of carboxylic acid groups (broad SMARTS) is 1. The third-order valence-corrected chi connectivity index (χ3v) is 1.42. The van der Waals surface area contributed by atoms with Crippen molar-refractivity contribution in [3.63, 3.8) is 0 Å². The molecule has 6 heteroatoms. The van der Waals surface area contributed by atoms with E-state index in [0.29, 0.717) is 6.54 Å². The van der Waals surface area contributed by atoms with Gasteiger partial charge in [-0.1, -0.05) is 0 Å². The number of rotatable bonds is 3. The topological polar surface area (TPSA) is 92.2 Å². The Labute approximate surface area is 80.0 Å². The standard InChI is InChI=1S/C8H9N3O3/c1-2-9-7(12)6-10-4-3-5(11-6)8(13)14/h3-4H,2H2,1H3,(H,9,12)(H,13,14). The summed E-state index contributed by atoms with van der Waals surface area (Å²) in [4.78, 5) is 28.9. The van der Waals surface area contributed by atoms with Crippen LogP contribution in [-0.2, 0) is 0 Å². The van der Waals surface area contributed by atoms with Crippen LogP contribution in [0.25, 0.3) is 0 Å². The van der Waals surface area contributed by atoms with Crippen LogP contribution in [0.2, 0.25) is 0 Å². The second kappa shape index (κ2) is 4.31. The molecule has 0 bridgehead atoms. The van der Waals surface area contributed by atoms with E-state index in [9.17, 15) is 9.59 Å². The van der Waals surface area contributed by atoms with Gasteiger partial charge in [-0.15, -0.1) is 0 Å². The van der Waals surface area contributed by atoms with Crippen molar-refractivity contribution in [2.75, 3.05) is 6.54 Å². The smallest absolute Gasteiger partial charge is 0.354 e. The normalized spacial score (nSPS) is 9.50. The molecule has 0 radical (unpaired) electrons. The number of hydrogen-bond acceptors (Lipinski definition) is 4. The Morgan fingerprint density at radius 1 is 1.57 bits per heavy atom. The first-order valence-corrected chi connectivity index (χ1v) is 3.99. The molecule has 1 aromatic rings. The zero-order chi connectivity index (χ0) is 10.6. The van der Waals surface area contributed by atoms with Crippen LogP contribution in [0.1, 0.15) is 28.0 Å². The molecule has 6 nitrogen and oxygen atoms in total. The molecule has 0 fully saturated rings. The minimum atomic E-state index is -1.18. The number of aromatic nitrogens is 2. The third kappa shape index (κ3) is 2.25. The Morgan fingerprint density at radius 2 is 2.29 bits per heavy atom. The van der Waals surface area contributed by atoms with E-state index in [-0.39, 0.29) is 11.5 Å².